The van der Waals surface area contributed by atoms with Gasteiger partial charge >= 0.3 is 5.97 Å². The summed E-state index contributed by atoms with van der Waals surface area (Å²) >= 11 is 0. The molecule has 0 atom stereocenters. The van der Waals surface area contributed by atoms with Gasteiger partial charge in [0.1, 0.15) is 0 Å². The molecule has 6 nitrogen and oxygen atoms in total. The van der Waals surface area contributed by atoms with Crippen LogP contribution in [0.5, 0.6) is 0 Å². The van der Waals surface area contributed by atoms with Crippen molar-refractivity contribution in [2.75, 3.05) is 23.7 Å². The fraction of sp³-hybridized carbons (Fsp3) is 0.429. The number of carboxylic acid groups (broad SMARTS) is 1. The summed E-state index contributed by atoms with van der Waals surface area (Å²) in [5.74, 6) is -0.902. The van der Waals surface area contributed by atoms with Crippen LogP contribution in [0.1, 0.15) is 29.6 Å². The molecule has 5 N–H and O–H groups in total. The number of anilines is 2. The van der Waals surface area contributed by atoms with Crippen LogP contribution in [0.25, 0.3) is 0 Å². The largest absolute Gasteiger partial charge is 0.478 e. The Hall–Kier alpha value is -2.24. The molecule has 1 saturated heterocycles. The van der Waals surface area contributed by atoms with Crippen molar-refractivity contribution in [3.63, 3.8) is 0 Å². The Morgan fingerprint density at radius 2 is 1.95 bits per heavy atom. The van der Waals surface area contributed by atoms with Crippen molar-refractivity contribution in [2.24, 2.45) is 11.7 Å². The van der Waals surface area contributed by atoms with Crippen LogP contribution in [0.4, 0.5) is 11.4 Å². The van der Waals surface area contributed by atoms with Crippen molar-refractivity contribution in [1.29, 1.82) is 0 Å². The lowest BCUT2D eigenvalue weighted by atomic mass is 9.93. The van der Waals surface area contributed by atoms with Gasteiger partial charge in [0.25, 0.3) is 0 Å². The summed E-state index contributed by atoms with van der Waals surface area (Å²) in [5, 5.41) is 8.92. The Morgan fingerprint density at radius 3 is 2.45 bits per heavy atom. The number of hydrogen-bond acceptors (Lipinski definition) is 4. The number of hydrogen-bond donors (Lipinski definition) is 3. The first kappa shape index (κ1) is 14.2. The fourth-order valence-corrected chi connectivity index (χ4v) is 2.64. The van der Waals surface area contributed by atoms with Gasteiger partial charge < -0.3 is 21.5 Å². The number of carbonyl (C=O) groups is 2. The van der Waals surface area contributed by atoms with Crippen LogP contribution < -0.4 is 16.4 Å². The van der Waals surface area contributed by atoms with E-state index in [1.807, 2.05) is 0 Å². The highest BCUT2D eigenvalue weighted by Gasteiger charge is 2.22. The first-order valence-corrected chi connectivity index (χ1v) is 6.63. The van der Waals surface area contributed by atoms with E-state index < -0.39 is 5.97 Å². The average Bonchev–Trinajstić information content (AvgIpc) is 2.39. The standard InChI is InChI=1S/C14H19N3O3/c15-11-8-10(14(19)20)1-2-12(11)17-5-3-9(4-6-17)7-13(16)18/h1-2,8-9H,3-7,15H2,(H2,16,18)(H,19,20). The summed E-state index contributed by atoms with van der Waals surface area (Å²) in [6.07, 6.45) is 2.22. The molecule has 1 fully saturated rings. The molecular weight excluding hydrogens is 258 g/mol. The molecule has 1 aromatic rings. The summed E-state index contributed by atoms with van der Waals surface area (Å²) in [6.45, 7) is 1.60. The molecule has 1 aliphatic heterocycles. The minimum Gasteiger partial charge on any atom is -0.478 e. The van der Waals surface area contributed by atoms with Gasteiger partial charge in [0.05, 0.1) is 16.9 Å². The van der Waals surface area contributed by atoms with E-state index in [-0.39, 0.29) is 11.5 Å². The van der Waals surface area contributed by atoms with Gasteiger partial charge in [-0.05, 0) is 37.0 Å². The SMILES string of the molecule is NC(=O)CC1CCN(c2ccc(C(=O)O)cc2N)CC1. The van der Waals surface area contributed by atoms with E-state index in [4.69, 9.17) is 16.6 Å². The summed E-state index contributed by atoms with van der Waals surface area (Å²) in [4.78, 5) is 23.9. The number of piperidine rings is 1. The van der Waals surface area contributed by atoms with Crippen molar-refractivity contribution in [3.05, 3.63) is 23.8 Å². The molecule has 1 heterocycles. The van der Waals surface area contributed by atoms with Crippen LogP contribution in [0.2, 0.25) is 0 Å². The highest BCUT2D eigenvalue weighted by molar-refractivity contribution is 5.90. The number of aromatic carboxylic acids is 1. The first-order chi connectivity index (χ1) is 9.47. The molecule has 1 aromatic carbocycles. The molecule has 2 rings (SSSR count). The van der Waals surface area contributed by atoms with Gasteiger partial charge in [-0.3, -0.25) is 4.79 Å². The molecule has 0 spiro atoms. The quantitative estimate of drug-likeness (QED) is 0.713. The lowest BCUT2D eigenvalue weighted by Gasteiger charge is -2.34. The molecule has 0 bridgehead atoms. The third-order valence-electron chi connectivity index (χ3n) is 3.72. The third kappa shape index (κ3) is 3.20. The number of rotatable bonds is 4. The van der Waals surface area contributed by atoms with Crippen molar-refractivity contribution in [1.82, 2.24) is 0 Å². The average molecular weight is 277 g/mol. The monoisotopic (exact) mass is 277 g/mol. The van der Waals surface area contributed by atoms with Gasteiger partial charge in [0.15, 0.2) is 0 Å². The van der Waals surface area contributed by atoms with E-state index in [0.29, 0.717) is 18.0 Å². The number of nitrogen functional groups attached to an aromatic ring is 1. The summed E-state index contributed by atoms with van der Waals surface area (Å²) in [6, 6.07) is 4.78. The van der Waals surface area contributed by atoms with Crippen molar-refractivity contribution in [2.45, 2.75) is 19.3 Å². The Bertz CT molecular complexity index is 522. The molecule has 0 saturated carbocycles. The van der Waals surface area contributed by atoms with E-state index in [9.17, 15) is 9.59 Å². The molecule has 0 radical (unpaired) electrons. The number of carbonyl (C=O) groups excluding carboxylic acids is 1. The minimum atomic E-state index is -0.983. The number of primary amides is 1. The van der Waals surface area contributed by atoms with Crippen molar-refractivity contribution < 1.29 is 14.7 Å². The molecule has 1 amide bonds. The third-order valence-corrected chi connectivity index (χ3v) is 3.72. The molecule has 0 unspecified atom stereocenters. The van der Waals surface area contributed by atoms with Gasteiger partial charge in [-0.2, -0.15) is 0 Å². The number of benzene rings is 1. The predicted molar refractivity (Wildman–Crippen MR) is 76.6 cm³/mol. The van der Waals surface area contributed by atoms with Crippen LogP contribution in [0.3, 0.4) is 0 Å². The fourth-order valence-electron chi connectivity index (χ4n) is 2.64. The topological polar surface area (TPSA) is 110 Å². The molecule has 0 aromatic heterocycles. The van der Waals surface area contributed by atoms with Gasteiger partial charge in [-0.1, -0.05) is 0 Å². The van der Waals surface area contributed by atoms with Crippen LogP contribution >= 0.6 is 0 Å². The molecule has 1 aliphatic rings. The second-order valence-corrected chi connectivity index (χ2v) is 5.18. The number of nitrogens with zero attached hydrogens (tertiary/aromatic N) is 1. The van der Waals surface area contributed by atoms with Crippen LogP contribution in [0.15, 0.2) is 18.2 Å². The molecule has 6 heteroatoms. The van der Waals surface area contributed by atoms with Gasteiger partial charge in [0, 0.05) is 19.5 Å². The Morgan fingerprint density at radius 1 is 1.30 bits per heavy atom. The molecule has 20 heavy (non-hydrogen) atoms. The maximum atomic E-state index is 10.9. The highest BCUT2D eigenvalue weighted by atomic mass is 16.4. The Balaban J connectivity index is 2.03. The second kappa shape index (κ2) is 5.81. The second-order valence-electron chi connectivity index (χ2n) is 5.18. The Labute approximate surface area is 117 Å². The zero-order valence-electron chi connectivity index (χ0n) is 11.2. The van der Waals surface area contributed by atoms with Gasteiger partial charge in [0.2, 0.25) is 5.91 Å². The lowest BCUT2D eigenvalue weighted by molar-refractivity contribution is -0.119. The van der Waals surface area contributed by atoms with Crippen LogP contribution in [-0.4, -0.2) is 30.1 Å². The van der Waals surface area contributed by atoms with E-state index in [1.54, 1.807) is 12.1 Å². The maximum Gasteiger partial charge on any atom is 0.335 e. The molecular formula is C14H19N3O3. The lowest BCUT2D eigenvalue weighted by Crippen LogP contribution is -2.35. The zero-order valence-corrected chi connectivity index (χ0v) is 11.2. The summed E-state index contributed by atoms with van der Waals surface area (Å²) in [5.41, 5.74) is 12.7. The zero-order chi connectivity index (χ0) is 14.7. The Kier molecular flexibility index (Phi) is 4.12. The van der Waals surface area contributed by atoms with Crippen LogP contribution in [0, 0.1) is 5.92 Å². The van der Waals surface area contributed by atoms with E-state index in [0.717, 1.165) is 31.6 Å². The molecule has 0 aliphatic carbocycles. The molecule has 108 valence electrons. The van der Waals surface area contributed by atoms with Crippen LogP contribution in [-0.2, 0) is 4.79 Å². The predicted octanol–water partition coefficient (Wildman–Crippen LogP) is 1.06. The maximum absolute atomic E-state index is 10.9. The normalized spacial score (nSPS) is 16.1. The summed E-state index contributed by atoms with van der Waals surface area (Å²) in [7, 11) is 0. The number of carboxylic acids is 1. The smallest absolute Gasteiger partial charge is 0.335 e. The van der Waals surface area contributed by atoms with Crippen molar-refractivity contribution >= 4 is 23.3 Å². The van der Waals surface area contributed by atoms with E-state index >= 15 is 0 Å². The summed E-state index contributed by atoms with van der Waals surface area (Å²) < 4.78 is 0. The van der Waals surface area contributed by atoms with E-state index in [2.05, 4.69) is 4.90 Å². The van der Waals surface area contributed by atoms with Crippen molar-refractivity contribution in [3.8, 4) is 0 Å². The van der Waals surface area contributed by atoms with E-state index in [1.165, 1.54) is 6.07 Å². The van der Waals surface area contributed by atoms with Gasteiger partial charge in [-0.15, -0.1) is 0 Å². The highest BCUT2D eigenvalue weighted by Crippen LogP contribution is 2.29. The minimum absolute atomic E-state index is 0.190. The van der Waals surface area contributed by atoms with Gasteiger partial charge in [-0.25, -0.2) is 4.79 Å². The number of nitrogens with two attached hydrogens (primary N) is 2. The number of amides is 1. The first-order valence-electron chi connectivity index (χ1n) is 6.63.